The molecular weight excluding hydrogens is 257 g/mol. The van der Waals surface area contributed by atoms with Crippen LogP contribution in [0.5, 0.6) is 0 Å². The average molecular weight is 274 g/mol. The van der Waals surface area contributed by atoms with Crippen molar-refractivity contribution in [3.8, 4) is 0 Å². The summed E-state index contributed by atoms with van der Waals surface area (Å²) in [6, 6.07) is 5.79. The Kier molecular flexibility index (Phi) is 4.31. The van der Waals surface area contributed by atoms with Crippen molar-refractivity contribution in [2.75, 3.05) is 26.7 Å². The molecule has 1 aromatic rings. The summed E-state index contributed by atoms with van der Waals surface area (Å²) < 4.78 is 0. The van der Waals surface area contributed by atoms with Gasteiger partial charge in [-0.15, -0.1) is 0 Å². The van der Waals surface area contributed by atoms with Crippen molar-refractivity contribution in [1.82, 2.24) is 4.90 Å². The number of hydrogen-bond donors (Lipinski definition) is 1. The van der Waals surface area contributed by atoms with Gasteiger partial charge in [-0.3, -0.25) is 0 Å². The molecule has 1 fully saturated rings. The molecule has 0 amide bonds. The molecule has 1 aliphatic heterocycles. The number of rotatable bonds is 2. The molecule has 1 aliphatic rings. The van der Waals surface area contributed by atoms with Gasteiger partial charge in [-0.05, 0) is 43.6 Å². The monoisotopic (exact) mass is 273 g/mol. The van der Waals surface area contributed by atoms with Crippen molar-refractivity contribution >= 4 is 23.2 Å². The van der Waals surface area contributed by atoms with Crippen LogP contribution in [0.25, 0.3) is 0 Å². The highest BCUT2D eigenvalue weighted by Gasteiger charge is 2.28. The van der Waals surface area contributed by atoms with E-state index in [1.54, 1.807) is 0 Å². The lowest BCUT2D eigenvalue weighted by molar-refractivity contribution is 0.118. The summed E-state index contributed by atoms with van der Waals surface area (Å²) in [5.41, 5.74) is 1.19. The zero-order chi connectivity index (χ0) is 12.4. The standard InChI is InChI=1S/C13H17Cl2NO/c1-16-5-4-11(10(7-16)8-17)9-2-3-12(14)13(15)6-9/h2-3,6,10-11,17H,4-5,7-8H2,1H3/t10-,11+/m1/s1. The van der Waals surface area contributed by atoms with Gasteiger partial charge in [0.2, 0.25) is 0 Å². The molecule has 0 aromatic heterocycles. The molecule has 2 rings (SSSR count). The average Bonchev–Trinajstić information content (AvgIpc) is 2.32. The van der Waals surface area contributed by atoms with E-state index in [0.29, 0.717) is 16.0 Å². The van der Waals surface area contributed by atoms with Crippen LogP contribution in [-0.2, 0) is 0 Å². The van der Waals surface area contributed by atoms with Crippen LogP contribution in [0.4, 0.5) is 0 Å². The third-order valence-corrected chi connectivity index (χ3v) is 4.28. The van der Waals surface area contributed by atoms with Crippen LogP contribution in [0.2, 0.25) is 10.0 Å². The molecule has 0 radical (unpaired) electrons. The van der Waals surface area contributed by atoms with Gasteiger partial charge < -0.3 is 10.0 Å². The van der Waals surface area contributed by atoms with Gasteiger partial charge in [0.25, 0.3) is 0 Å². The predicted molar refractivity (Wildman–Crippen MR) is 71.9 cm³/mol. The number of halogens is 2. The maximum Gasteiger partial charge on any atom is 0.0595 e. The van der Waals surface area contributed by atoms with Gasteiger partial charge in [-0.2, -0.15) is 0 Å². The summed E-state index contributed by atoms with van der Waals surface area (Å²) in [5, 5.41) is 10.7. The fourth-order valence-electron chi connectivity index (χ4n) is 2.58. The number of piperidine rings is 1. The molecule has 0 unspecified atom stereocenters. The Labute approximate surface area is 112 Å². The quantitative estimate of drug-likeness (QED) is 0.896. The van der Waals surface area contributed by atoms with Crippen LogP contribution in [0.3, 0.4) is 0 Å². The van der Waals surface area contributed by atoms with Crippen molar-refractivity contribution in [3.63, 3.8) is 0 Å². The largest absolute Gasteiger partial charge is 0.396 e. The van der Waals surface area contributed by atoms with Gasteiger partial charge in [-0.1, -0.05) is 29.3 Å². The predicted octanol–water partition coefficient (Wildman–Crippen LogP) is 3.02. The molecule has 17 heavy (non-hydrogen) atoms. The number of aliphatic hydroxyl groups excluding tert-OH is 1. The highest BCUT2D eigenvalue weighted by Crippen LogP contribution is 2.35. The van der Waals surface area contributed by atoms with Crippen molar-refractivity contribution < 1.29 is 5.11 Å². The number of aliphatic hydroxyl groups is 1. The molecule has 4 heteroatoms. The van der Waals surface area contributed by atoms with E-state index in [2.05, 4.69) is 11.9 Å². The van der Waals surface area contributed by atoms with Crippen molar-refractivity contribution in [2.45, 2.75) is 12.3 Å². The number of likely N-dealkylation sites (tertiary alicyclic amines) is 1. The summed E-state index contributed by atoms with van der Waals surface area (Å²) >= 11 is 12.0. The number of nitrogens with zero attached hydrogens (tertiary/aromatic N) is 1. The molecule has 2 nitrogen and oxygen atoms in total. The van der Waals surface area contributed by atoms with Crippen LogP contribution in [0.1, 0.15) is 17.9 Å². The molecule has 2 atom stereocenters. The highest BCUT2D eigenvalue weighted by molar-refractivity contribution is 6.42. The van der Waals surface area contributed by atoms with Gasteiger partial charge in [0, 0.05) is 19.1 Å². The molecule has 1 N–H and O–H groups in total. The maximum absolute atomic E-state index is 9.48. The molecule has 1 saturated heterocycles. The fraction of sp³-hybridized carbons (Fsp3) is 0.538. The SMILES string of the molecule is CN1CC[C@@H](c2ccc(Cl)c(Cl)c2)[C@@H](CO)C1. The lowest BCUT2D eigenvalue weighted by Gasteiger charge is -2.36. The highest BCUT2D eigenvalue weighted by atomic mass is 35.5. The Morgan fingerprint density at radius 2 is 2.12 bits per heavy atom. The van der Waals surface area contributed by atoms with Gasteiger partial charge in [-0.25, -0.2) is 0 Å². The van der Waals surface area contributed by atoms with Crippen LogP contribution in [0, 0.1) is 5.92 Å². The van der Waals surface area contributed by atoms with Crippen molar-refractivity contribution in [1.29, 1.82) is 0 Å². The minimum atomic E-state index is 0.218. The molecule has 0 aliphatic carbocycles. The van der Waals surface area contributed by atoms with Crippen LogP contribution >= 0.6 is 23.2 Å². The summed E-state index contributed by atoms with van der Waals surface area (Å²) in [5.74, 6) is 0.664. The summed E-state index contributed by atoms with van der Waals surface area (Å²) in [7, 11) is 2.09. The lowest BCUT2D eigenvalue weighted by atomic mass is 9.81. The van der Waals surface area contributed by atoms with E-state index in [-0.39, 0.29) is 12.5 Å². The molecule has 94 valence electrons. The Bertz CT molecular complexity index is 397. The van der Waals surface area contributed by atoms with E-state index in [1.165, 1.54) is 5.56 Å². The van der Waals surface area contributed by atoms with Gasteiger partial charge in [0.1, 0.15) is 0 Å². The zero-order valence-corrected chi connectivity index (χ0v) is 11.4. The Balaban J connectivity index is 2.22. The summed E-state index contributed by atoms with van der Waals surface area (Å²) in [6.45, 7) is 2.21. The molecule has 1 heterocycles. The normalized spacial score (nSPS) is 26.1. The third kappa shape index (κ3) is 2.94. The van der Waals surface area contributed by atoms with Crippen molar-refractivity contribution in [3.05, 3.63) is 33.8 Å². The number of benzene rings is 1. The van der Waals surface area contributed by atoms with Crippen LogP contribution in [-0.4, -0.2) is 36.8 Å². The van der Waals surface area contributed by atoms with E-state index in [4.69, 9.17) is 23.2 Å². The van der Waals surface area contributed by atoms with Crippen molar-refractivity contribution in [2.24, 2.45) is 5.92 Å². The summed E-state index contributed by atoms with van der Waals surface area (Å²) in [4.78, 5) is 2.26. The second-order valence-electron chi connectivity index (χ2n) is 4.77. The van der Waals surface area contributed by atoms with E-state index in [0.717, 1.165) is 19.5 Å². The van der Waals surface area contributed by atoms with Gasteiger partial charge in [0.05, 0.1) is 10.0 Å². The fourth-order valence-corrected chi connectivity index (χ4v) is 2.89. The first-order chi connectivity index (χ1) is 8.11. The van der Waals surface area contributed by atoms with E-state index < -0.39 is 0 Å². The van der Waals surface area contributed by atoms with Gasteiger partial charge in [0.15, 0.2) is 0 Å². The third-order valence-electron chi connectivity index (χ3n) is 3.54. The van der Waals surface area contributed by atoms with Crippen LogP contribution in [0.15, 0.2) is 18.2 Å². The Morgan fingerprint density at radius 3 is 2.76 bits per heavy atom. The lowest BCUT2D eigenvalue weighted by Crippen LogP contribution is -2.38. The van der Waals surface area contributed by atoms with E-state index in [1.807, 2.05) is 18.2 Å². The van der Waals surface area contributed by atoms with Crippen LogP contribution < -0.4 is 0 Å². The molecule has 0 saturated carbocycles. The smallest absolute Gasteiger partial charge is 0.0595 e. The van der Waals surface area contributed by atoms with Gasteiger partial charge >= 0.3 is 0 Å². The summed E-state index contributed by atoms with van der Waals surface area (Å²) in [6.07, 6.45) is 1.06. The molecule has 1 aromatic carbocycles. The topological polar surface area (TPSA) is 23.5 Å². The Morgan fingerprint density at radius 1 is 1.35 bits per heavy atom. The maximum atomic E-state index is 9.48. The van der Waals surface area contributed by atoms with E-state index >= 15 is 0 Å². The van der Waals surface area contributed by atoms with E-state index in [9.17, 15) is 5.11 Å². The second kappa shape index (κ2) is 5.57. The zero-order valence-electron chi connectivity index (χ0n) is 9.87. The minimum absolute atomic E-state index is 0.218. The number of hydrogen-bond acceptors (Lipinski definition) is 2. The molecule has 0 spiro atoms. The Hall–Kier alpha value is -0.280. The first-order valence-corrected chi connectivity index (χ1v) is 6.61. The first-order valence-electron chi connectivity index (χ1n) is 5.86. The second-order valence-corrected chi connectivity index (χ2v) is 5.59. The molecule has 0 bridgehead atoms. The molecular formula is C13H17Cl2NO. The minimum Gasteiger partial charge on any atom is -0.396 e. The first kappa shape index (κ1) is 13.2.